The SMILES string of the molecule is COC(=O)[C@H]1OC=C[C@@H](OC(C)=O)[C@H]1OC(C)=O. The highest BCUT2D eigenvalue weighted by Gasteiger charge is 2.42. The lowest BCUT2D eigenvalue weighted by molar-refractivity contribution is -0.183. The third-order valence-electron chi connectivity index (χ3n) is 2.15. The van der Waals surface area contributed by atoms with Crippen molar-refractivity contribution < 1.29 is 33.3 Å². The Morgan fingerprint density at radius 2 is 1.72 bits per heavy atom. The third-order valence-corrected chi connectivity index (χ3v) is 2.15. The lowest BCUT2D eigenvalue weighted by Gasteiger charge is -2.31. The van der Waals surface area contributed by atoms with E-state index in [1.165, 1.54) is 33.3 Å². The van der Waals surface area contributed by atoms with Crippen LogP contribution in [0, 0.1) is 0 Å². The van der Waals surface area contributed by atoms with E-state index in [4.69, 9.17) is 14.2 Å². The summed E-state index contributed by atoms with van der Waals surface area (Å²) in [7, 11) is 1.18. The van der Waals surface area contributed by atoms with Gasteiger partial charge < -0.3 is 18.9 Å². The van der Waals surface area contributed by atoms with E-state index in [2.05, 4.69) is 4.74 Å². The summed E-state index contributed by atoms with van der Waals surface area (Å²) in [4.78, 5) is 33.4. The van der Waals surface area contributed by atoms with E-state index in [0.717, 1.165) is 0 Å². The zero-order chi connectivity index (χ0) is 13.7. The Kier molecular flexibility index (Phi) is 4.70. The molecule has 0 aromatic heterocycles. The Labute approximate surface area is 104 Å². The highest BCUT2D eigenvalue weighted by Crippen LogP contribution is 2.20. The second kappa shape index (κ2) is 6.04. The second-order valence-corrected chi connectivity index (χ2v) is 3.56. The van der Waals surface area contributed by atoms with Gasteiger partial charge in [0.1, 0.15) is 0 Å². The molecule has 1 heterocycles. The summed E-state index contributed by atoms with van der Waals surface area (Å²) in [5.74, 6) is -1.90. The van der Waals surface area contributed by atoms with Gasteiger partial charge in [0.15, 0.2) is 12.2 Å². The number of carbonyl (C=O) groups excluding carboxylic acids is 3. The standard InChI is InChI=1S/C11H14O7/c1-6(12)17-8-4-5-16-10(11(14)15-3)9(8)18-7(2)13/h4-5,8-10H,1-3H3/t8-,9-,10+/m1/s1. The molecular formula is C11H14O7. The number of rotatable bonds is 3. The molecule has 100 valence electrons. The summed E-state index contributed by atoms with van der Waals surface area (Å²) in [6, 6.07) is 0. The van der Waals surface area contributed by atoms with E-state index in [9.17, 15) is 14.4 Å². The fourth-order valence-corrected chi connectivity index (χ4v) is 1.49. The first-order chi connectivity index (χ1) is 8.45. The lowest BCUT2D eigenvalue weighted by Crippen LogP contribution is -2.49. The van der Waals surface area contributed by atoms with E-state index >= 15 is 0 Å². The van der Waals surface area contributed by atoms with Gasteiger partial charge in [-0.25, -0.2) is 4.79 Å². The van der Waals surface area contributed by atoms with Crippen molar-refractivity contribution in [3.8, 4) is 0 Å². The first-order valence-corrected chi connectivity index (χ1v) is 5.20. The molecule has 0 aliphatic carbocycles. The van der Waals surface area contributed by atoms with Gasteiger partial charge in [0.25, 0.3) is 0 Å². The van der Waals surface area contributed by atoms with Gasteiger partial charge in [0.05, 0.1) is 13.4 Å². The molecule has 0 bridgehead atoms. The smallest absolute Gasteiger partial charge is 0.351 e. The van der Waals surface area contributed by atoms with Gasteiger partial charge in [-0.3, -0.25) is 9.59 Å². The van der Waals surface area contributed by atoms with Crippen molar-refractivity contribution in [2.45, 2.75) is 32.2 Å². The third kappa shape index (κ3) is 3.47. The molecule has 0 saturated carbocycles. The molecule has 18 heavy (non-hydrogen) atoms. The summed E-state index contributed by atoms with van der Waals surface area (Å²) in [6.45, 7) is 2.39. The number of hydrogen-bond acceptors (Lipinski definition) is 7. The number of methoxy groups -OCH3 is 1. The monoisotopic (exact) mass is 258 g/mol. The fraction of sp³-hybridized carbons (Fsp3) is 0.545. The van der Waals surface area contributed by atoms with Crippen LogP contribution in [0.15, 0.2) is 12.3 Å². The molecule has 1 aliphatic heterocycles. The van der Waals surface area contributed by atoms with Crippen molar-refractivity contribution in [3.63, 3.8) is 0 Å². The predicted octanol–water partition coefficient (Wildman–Crippen LogP) is -0.0647. The van der Waals surface area contributed by atoms with Crippen LogP contribution in [-0.2, 0) is 33.3 Å². The van der Waals surface area contributed by atoms with Crippen molar-refractivity contribution in [1.82, 2.24) is 0 Å². The van der Waals surface area contributed by atoms with Gasteiger partial charge in [0.2, 0.25) is 6.10 Å². The van der Waals surface area contributed by atoms with Crippen molar-refractivity contribution in [2.75, 3.05) is 7.11 Å². The molecule has 0 saturated heterocycles. The minimum Gasteiger partial charge on any atom is -0.482 e. The minimum atomic E-state index is -1.16. The van der Waals surface area contributed by atoms with E-state index < -0.39 is 36.2 Å². The van der Waals surface area contributed by atoms with Gasteiger partial charge in [-0.15, -0.1) is 0 Å². The molecule has 0 radical (unpaired) electrons. The Morgan fingerprint density at radius 1 is 1.11 bits per heavy atom. The topological polar surface area (TPSA) is 88.1 Å². The van der Waals surface area contributed by atoms with E-state index in [1.54, 1.807) is 0 Å². The molecule has 0 aromatic rings. The van der Waals surface area contributed by atoms with Crippen molar-refractivity contribution >= 4 is 17.9 Å². The van der Waals surface area contributed by atoms with Gasteiger partial charge in [-0.05, 0) is 6.08 Å². The Morgan fingerprint density at radius 3 is 2.22 bits per heavy atom. The number of ether oxygens (including phenoxy) is 4. The average Bonchev–Trinajstić information content (AvgIpc) is 2.29. The van der Waals surface area contributed by atoms with Crippen LogP contribution >= 0.6 is 0 Å². The molecule has 0 N–H and O–H groups in total. The maximum Gasteiger partial charge on any atom is 0.351 e. The van der Waals surface area contributed by atoms with Gasteiger partial charge >= 0.3 is 17.9 Å². The number of esters is 3. The highest BCUT2D eigenvalue weighted by atomic mass is 16.6. The molecule has 7 heteroatoms. The van der Waals surface area contributed by atoms with Crippen LogP contribution in [0.4, 0.5) is 0 Å². The van der Waals surface area contributed by atoms with E-state index in [0.29, 0.717) is 0 Å². The number of hydrogen-bond donors (Lipinski definition) is 0. The van der Waals surface area contributed by atoms with Crippen LogP contribution in [0.25, 0.3) is 0 Å². The molecule has 7 nitrogen and oxygen atoms in total. The van der Waals surface area contributed by atoms with Crippen LogP contribution in [0.1, 0.15) is 13.8 Å². The van der Waals surface area contributed by atoms with Crippen LogP contribution in [0.5, 0.6) is 0 Å². The molecule has 1 aliphatic rings. The van der Waals surface area contributed by atoms with Gasteiger partial charge in [-0.2, -0.15) is 0 Å². The zero-order valence-electron chi connectivity index (χ0n) is 10.2. The lowest BCUT2D eigenvalue weighted by atomic mass is 10.1. The maximum atomic E-state index is 11.5. The van der Waals surface area contributed by atoms with Crippen molar-refractivity contribution in [2.24, 2.45) is 0 Å². The normalized spacial score (nSPS) is 25.8. The molecule has 0 aromatic carbocycles. The molecule has 0 amide bonds. The molecule has 0 fully saturated rings. The Bertz CT molecular complexity index is 374. The zero-order valence-corrected chi connectivity index (χ0v) is 10.2. The summed E-state index contributed by atoms with van der Waals surface area (Å²) in [5.41, 5.74) is 0. The summed E-state index contributed by atoms with van der Waals surface area (Å²) in [6.07, 6.45) is -0.523. The van der Waals surface area contributed by atoms with Crippen molar-refractivity contribution in [3.05, 3.63) is 12.3 Å². The quantitative estimate of drug-likeness (QED) is 0.517. The predicted molar refractivity (Wildman–Crippen MR) is 57.1 cm³/mol. The minimum absolute atomic E-state index is 0.563. The maximum absolute atomic E-state index is 11.5. The van der Waals surface area contributed by atoms with Crippen LogP contribution in [0.3, 0.4) is 0 Å². The van der Waals surface area contributed by atoms with E-state index in [-0.39, 0.29) is 0 Å². The second-order valence-electron chi connectivity index (χ2n) is 3.56. The van der Waals surface area contributed by atoms with E-state index in [1.807, 2.05) is 0 Å². The molecule has 1 rings (SSSR count). The van der Waals surface area contributed by atoms with Crippen LogP contribution in [0.2, 0.25) is 0 Å². The first-order valence-electron chi connectivity index (χ1n) is 5.20. The summed E-state index contributed by atoms with van der Waals surface area (Å²) in [5, 5.41) is 0. The average molecular weight is 258 g/mol. The van der Waals surface area contributed by atoms with Gasteiger partial charge in [0, 0.05) is 13.8 Å². The van der Waals surface area contributed by atoms with Crippen LogP contribution < -0.4 is 0 Å². The molecule has 0 unspecified atom stereocenters. The molecular weight excluding hydrogens is 244 g/mol. The molecule has 0 spiro atoms. The van der Waals surface area contributed by atoms with Crippen molar-refractivity contribution in [1.29, 1.82) is 0 Å². The largest absolute Gasteiger partial charge is 0.482 e. The summed E-state index contributed by atoms with van der Waals surface area (Å²) < 4.78 is 19.4. The van der Waals surface area contributed by atoms with Crippen LogP contribution in [-0.4, -0.2) is 43.3 Å². The van der Waals surface area contributed by atoms with Gasteiger partial charge in [-0.1, -0.05) is 0 Å². The first kappa shape index (κ1) is 14.0. The highest BCUT2D eigenvalue weighted by molar-refractivity contribution is 5.77. The Hall–Kier alpha value is -2.05. The molecule has 3 atom stereocenters. The summed E-state index contributed by atoms with van der Waals surface area (Å²) >= 11 is 0. The Balaban J connectivity index is 2.91. The number of carbonyl (C=O) groups is 3. The fourth-order valence-electron chi connectivity index (χ4n) is 1.49.